The number of nitrogens with one attached hydrogen (secondary N) is 1. The van der Waals surface area contributed by atoms with Gasteiger partial charge in [-0.2, -0.15) is 0 Å². The van der Waals surface area contributed by atoms with Gasteiger partial charge < -0.3 is 15.1 Å². The number of piperazine rings is 1. The molecule has 1 saturated heterocycles. The fraction of sp³-hybridized carbons (Fsp3) is 0.250. The van der Waals surface area contributed by atoms with Crippen LogP contribution < -0.4 is 5.32 Å². The number of hydrogen-bond acceptors (Lipinski definition) is 5. The first kappa shape index (κ1) is 16.5. The normalized spacial score (nSPS) is 15.2. The zero-order valence-corrected chi connectivity index (χ0v) is 14.7. The molecule has 1 fully saturated rings. The number of para-hydroxylation sites is 1. The van der Waals surface area contributed by atoms with Crippen molar-refractivity contribution < 1.29 is 4.79 Å². The lowest BCUT2D eigenvalue weighted by Crippen LogP contribution is -2.47. The summed E-state index contributed by atoms with van der Waals surface area (Å²) in [5.41, 5.74) is 3.14. The van der Waals surface area contributed by atoms with Crippen molar-refractivity contribution in [2.75, 3.05) is 38.5 Å². The number of fused-ring (bicyclic) bond motifs is 1. The number of rotatable bonds is 3. The average Bonchev–Trinajstić information content (AvgIpc) is 2.69. The maximum absolute atomic E-state index is 12.6. The summed E-state index contributed by atoms with van der Waals surface area (Å²) >= 11 is 0. The Labute approximate surface area is 152 Å². The van der Waals surface area contributed by atoms with E-state index < -0.39 is 0 Å². The first-order valence-corrected chi connectivity index (χ1v) is 8.75. The minimum atomic E-state index is -0.00326. The lowest BCUT2D eigenvalue weighted by atomic mass is 10.2. The molecule has 1 aliphatic rings. The number of benzene rings is 1. The van der Waals surface area contributed by atoms with E-state index in [0.29, 0.717) is 5.69 Å². The Balaban J connectivity index is 1.50. The van der Waals surface area contributed by atoms with E-state index in [2.05, 4.69) is 27.2 Å². The number of carbonyl (C=O) groups is 1. The number of hydrogen-bond donors (Lipinski definition) is 1. The maximum Gasteiger partial charge on any atom is 0.272 e. The third-order valence-corrected chi connectivity index (χ3v) is 4.68. The van der Waals surface area contributed by atoms with Crippen LogP contribution in [0.5, 0.6) is 0 Å². The molecule has 4 rings (SSSR count). The topological polar surface area (TPSA) is 61.4 Å². The molecule has 26 heavy (non-hydrogen) atoms. The molecular formula is C20H21N5O. The Hall–Kier alpha value is -2.99. The SMILES string of the molecule is CN1CCN(C(=O)c2ccc(Nc3cccc4cccnc34)cn2)CC1. The number of aromatic nitrogens is 2. The predicted octanol–water partition coefficient (Wildman–Crippen LogP) is 2.76. The van der Waals surface area contributed by atoms with Gasteiger partial charge in [0.1, 0.15) is 5.69 Å². The molecule has 6 heteroatoms. The first-order chi connectivity index (χ1) is 12.7. The third kappa shape index (κ3) is 3.36. The Bertz CT molecular complexity index is 912. The van der Waals surface area contributed by atoms with Gasteiger partial charge in [0.2, 0.25) is 0 Å². The third-order valence-electron chi connectivity index (χ3n) is 4.68. The van der Waals surface area contributed by atoms with Gasteiger partial charge in [-0.3, -0.25) is 9.78 Å². The molecule has 0 unspecified atom stereocenters. The van der Waals surface area contributed by atoms with E-state index in [1.807, 2.05) is 41.3 Å². The summed E-state index contributed by atoms with van der Waals surface area (Å²) in [4.78, 5) is 25.5. The fourth-order valence-electron chi connectivity index (χ4n) is 3.13. The summed E-state index contributed by atoms with van der Waals surface area (Å²) in [7, 11) is 2.07. The number of amides is 1. The van der Waals surface area contributed by atoms with Gasteiger partial charge in [0.15, 0.2) is 0 Å². The van der Waals surface area contributed by atoms with Crippen LogP contribution in [0.4, 0.5) is 11.4 Å². The molecule has 2 aromatic heterocycles. The highest BCUT2D eigenvalue weighted by molar-refractivity contribution is 5.93. The van der Waals surface area contributed by atoms with Gasteiger partial charge in [0.25, 0.3) is 5.91 Å². The molecule has 0 bridgehead atoms. The largest absolute Gasteiger partial charge is 0.352 e. The van der Waals surface area contributed by atoms with Crippen LogP contribution in [-0.4, -0.2) is 58.9 Å². The lowest BCUT2D eigenvalue weighted by Gasteiger charge is -2.32. The second kappa shape index (κ2) is 7.09. The molecule has 1 amide bonds. The van der Waals surface area contributed by atoms with Crippen molar-refractivity contribution in [2.24, 2.45) is 0 Å². The molecule has 3 heterocycles. The lowest BCUT2D eigenvalue weighted by molar-refractivity contribution is 0.0658. The molecule has 6 nitrogen and oxygen atoms in total. The van der Waals surface area contributed by atoms with Crippen molar-refractivity contribution >= 4 is 28.2 Å². The van der Waals surface area contributed by atoms with E-state index in [4.69, 9.17) is 0 Å². The van der Waals surface area contributed by atoms with Crippen LogP contribution in [0, 0.1) is 0 Å². The number of pyridine rings is 2. The summed E-state index contributed by atoms with van der Waals surface area (Å²) in [6, 6.07) is 13.6. The molecule has 0 saturated carbocycles. The van der Waals surface area contributed by atoms with E-state index in [-0.39, 0.29) is 5.91 Å². The van der Waals surface area contributed by atoms with Crippen molar-refractivity contribution in [3.8, 4) is 0 Å². The zero-order chi connectivity index (χ0) is 17.9. The van der Waals surface area contributed by atoms with Crippen LogP contribution in [0.2, 0.25) is 0 Å². The summed E-state index contributed by atoms with van der Waals surface area (Å²) < 4.78 is 0. The molecule has 1 aromatic carbocycles. The summed E-state index contributed by atoms with van der Waals surface area (Å²) in [6.07, 6.45) is 3.48. The van der Waals surface area contributed by atoms with Gasteiger partial charge >= 0.3 is 0 Å². The molecule has 1 N–H and O–H groups in total. The summed E-state index contributed by atoms with van der Waals surface area (Å²) in [5, 5.41) is 4.42. The molecule has 0 spiro atoms. The Morgan fingerprint density at radius 2 is 1.81 bits per heavy atom. The van der Waals surface area contributed by atoms with Crippen LogP contribution in [0.1, 0.15) is 10.5 Å². The van der Waals surface area contributed by atoms with Crippen molar-refractivity contribution in [3.05, 3.63) is 60.6 Å². The maximum atomic E-state index is 12.6. The highest BCUT2D eigenvalue weighted by Crippen LogP contribution is 2.24. The Morgan fingerprint density at radius 3 is 2.58 bits per heavy atom. The van der Waals surface area contributed by atoms with Gasteiger partial charge in [0, 0.05) is 37.8 Å². The molecular weight excluding hydrogens is 326 g/mol. The standard InChI is InChI=1S/C20H21N5O/c1-24-10-12-25(13-11-24)20(26)18-8-7-16(14-22-18)23-17-6-2-4-15-5-3-9-21-19(15)17/h2-9,14,23H,10-13H2,1H3. The van der Waals surface area contributed by atoms with Gasteiger partial charge in [-0.05, 0) is 31.3 Å². The van der Waals surface area contributed by atoms with E-state index in [1.54, 1.807) is 18.5 Å². The minimum absolute atomic E-state index is 0.00326. The van der Waals surface area contributed by atoms with Gasteiger partial charge in [-0.1, -0.05) is 18.2 Å². The van der Waals surface area contributed by atoms with Crippen molar-refractivity contribution in [2.45, 2.75) is 0 Å². The van der Waals surface area contributed by atoms with E-state index in [1.165, 1.54) is 0 Å². The molecule has 1 aliphatic heterocycles. The first-order valence-electron chi connectivity index (χ1n) is 8.75. The highest BCUT2D eigenvalue weighted by atomic mass is 16.2. The Kier molecular flexibility index (Phi) is 4.50. The van der Waals surface area contributed by atoms with Crippen LogP contribution in [-0.2, 0) is 0 Å². The summed E-state index contributed by atoms with van der Waals surface area (Å²) in [6.45, 7) is 3.30. The number of nitrogens with zero attached hydrogens (tertiary/aromatic N) is 4. The molecule has 0 atom stereocenters. The predicted molar refractivity (Wildman–Crippen MR) is 103 cm³/mol. The summed E-state index contributed by atoms with van der Waals surface area (Å²) in [5.74, 6) is -0.00326. The van der Waals surface area contributed by atoms with Gasteiger partial charge in [-0.15, -0.1) is 0 Å². The van der Waals surface area contributed by atoms with Gasteiger partial charge in [-0.25, -0.2) is 4.98 Å². The van der Waals surface area contributed by atoms with Crippen LogP contribution in [0.3, 0.4) is 0 Å². The highest BCUT2D eigenvalue weighted by Gasteiger charge is 2.21. The smallest absolute Gasteiger partial charge is 0.272 e. The number of anilines is 2. The zero-order valence-electron chi connectivity index (χ0n) is 14.7. The van der Waals surface area contributed by atoms with E-state index in [9.17, 15) is 4.79 Å². The van der Waals surface area contributed by atoms with Crippen LogP contribution in [0.15, 0.2) is 54.9 Å². The molecule has 132 valence electrons. The minimum Gasteiger partial charge on any atom is -0.352 e. The molecule has 3 aromatic rings. The quantitative estimate of drug-likeness (QED) is 0.789. The Morgan fingerprint density at radius 1 is 1.00 bits per heavy atom. The van der Waals surface area contributed by atoms with Crippen molar-refractivity contribution in [1.82, 2.24) is 19.8 Å². The fourth-order valence-corrected chi connectivity index (χ4v) is 3.13. The van der Waals surface area contributed by atoms with Crippen molar-refractivity contribution in [3.63, 3.8) is 0 Å². The van der Waals surface area contributed by atoms with Gasteiger partial charge in [0.05, 0.1) is 23.1 Å². The number of carbonyl (C=O) groups excluding carboxylic acids is 1. The van der Waals surface area contributed by atoms with E-state index in [0.717, 1.165) is 48.5 Å². The molecule has 0 radical (unpaired) electrons. The second-order valence-corrected chi connectivity index (χ2v) is 6.53. The van der Waals surface area contributed by atoms with Crippen LogP contribution in [0.25, 0.3) is 10.9 Å². The monoisotopic (exact) mass is 347 g/mol. The van der Waals surface area contributed by atoms with Crippen molar-refractivity contribution in [1.29, 1.82) is 0 Å². The van der Waals surface area contributed by atoms with Crippen LogP contribution >= 0.6 is 0 Å². The average molecular weight is 347 g/mol. The van der Waals surface area contributed by atoms with E-state index >= 15 is 0 Å². The second-order valence-electron chi connectivity index (χ2n) is 6.53. The number of likely N-dealkylation sites (N-methyl/N-ethyl adjacent to an activating group) is 1. The molecule has 0 aliphatic carbocycles.